The molecule has 0 aliphatic carbocycles. The summed E-state index contributed by atoms with van der Waals surface area (Å²) in [5.41, 5.74) is 3.28. The summed E-state index contributed by atoms with van der Waals surface area (Å²) in [5.74, 6) is 0. The first kappa shape index (κ1) is 9.65. The number of aromatic nitrogens is 2. The third kappa shape index (κ3) is 2.53. The molecule has 2 aromatic heterocycles. The molecule has 0 atom stereocenters. The van der Waals surface area contributed by atoms with Crippen molar-refractivity contribution >= 4 is 5.69 Å². The first-order chi connectivity index (χ1) is 7.36. The molecule has 0 radical (unpaired) electrons. The van der Waals surface area contributed by atoms with E-state index in [1.54, 1.807) is 12.4 Å². The van der Waals surface area contributed by atoms with Crippen LogP contribution in [0.1, 0.15) is 11.3 Å². The first-order valence-electron chi connectivity index (χ1n) is 4.90. The quantitative estimate of drug-likeness (QED) is 0.824. The van der Waals surface area contributed by atoms with Gasteiger partial charge in [0.1, 0.15) is 0 Å². The Bertz CT molecular complexity index is 426. The average Bonchev–Trinajstić information content (AvgIpc) is 2.29. The number of anilines is 1. The highest BCUT2D eigenvalue weighted by Crippen LogP contribution is 2.12. The van der Waals surface area contributed by atoms with Gasteiger partial charge in [0, 0.05) is 12.4 Å². The lowest BCUT2D eigenvalue weighted by molar-refractivity contribution is 1.04. The zero-order valence-electron chi connectivity index (χ0n) is 8.64. The van der Waals surface area contributed by atoms with E-state index in [9.17, 15) is 0 Å². The Morgan fingerprint density at radius 2 is 2.13 bits per heavy atom. The van der Waals surface area contributed by atoms with Gasteiger partial charge >= 0.3 is 0 Å². The molecule has 0 aliphatic rings. The second-order valence-corrected chi connectivity index (χ2v) is 3.37. The van der Waals surface area contributed by atoms with Crippen LogP contribution in [0.3, 0.4) is 0 Å². The highest BCUT2D eigenvalue weighted by atomic mass is 14.9. The maximum Gasteiger partial charge on any atom is 0.0594 e. The van der Waals surface area contributed by atoms with Crippen molar-refractivity contribution < 1.29 is 0 Å². The van der Waals surface area contributed by atoms with Crippen LogP contribution in [0, 0.1) is 6.92 Å². The molecular weight excluding hydrogens is 186 g/mol. The van der Waals surface area contributed by atoms with Crippen LogP contribution in [0.25, 0.3) is 0 Å². The number of hydrogen-bond donors (Lipinski definition) is 1. The monoisotopic (exact) mass is 199 g/mol. The van der Waals surface area contributed by atoms with Gasteiger partial charge in [-0.3, -0.25) is 9.97 Å². The maximum atomic E-state index is 4.24. The summed E-state index contributed by atoms with van der Waals surface area (Å²) in [6.45, 7) is 2.79. The fourth-order valence-electron chi connectivity index (χ4n) is 1.34. The molecule has 0 bridgehead atoms. The fraction of sp³-hybridized carbons (Fsp3) is 0.167. The Morgan fingerprint density at radius 3 is 2.87 bits per heavy atom. The number of nitrogens with zero attached hydrogens (tertiary/aromatic N) is 2. The summed E-state index contributed by atoms with van der Waals surface area (Å²) in [6.07, 6.45) is 5.42. The lowest BCUT2D eigenvalue weighted by Gasteiger charge is -2.07. The molecule has 2 aromatic rings. The number of aryl methyl sites for hydroxylation is 1. The van der Waals surface area contributed by atoms with Gasteiger partial charge in [-0.1, -0.05) is 6.07 Å². The van der Waals surface area contributed by atoms with E-state index >= 15 is 0 Å². The van der Waals surface area contributed by atoms with Crippen LogP contribution in [-0.2, 0) is 6.54 Å². The molecule has 0 aromatic carbocycles. The van der Waals surface area contributed by atoms with Gasteiger partial charge in [0.2, 0.25) is 0 Å². The van der Waals surface area contributed by atoms with Crippen LogP contribution in [-0.4, -0.2) is 9.97 Å². The third-order valence-electron chi connectivity index (χ3n) is 2.23. The van der Waals surface area contributed by atoms with Gasteiger partial charge in [-0.2, -0.15) is 0 Å². The van der Waals surface area contributed by atoms with Crippen molar-refractivity contribution in [2.75, 3.05) is 5.32 Å². The van der Waals surface area contributed by atoms with E-state index in [0.717, 1.165) is 17.9 Å². The summed E-state index contributed by atoms with van der Waals surface area (Å²) in [5, 5.41) is 3.30. The predicted molar refractivity (Wildman–Crippen MR) is 60.5 cm³/mol. The molecule has 0 fully saturated rings. The summed E-state index contributed by atoms with van der Waals surface area (Å²) in [6, 6.07) is 7.89. The largest absolute Gasteiger partial charge is 0.378 e. The molecule has 3 nitrogen and oxygen atoms in total. The summed E-state index contributed by atoms with van der Waals surface area (Å²) in [7, 11) is 0. The van der Waals surface area contributed by atoms with E-state index in [2.05, 4.69) is 22.2 Å². The highest BCUT2D eigenvalue weighted by Gasteiger charge is 1.97. The molecule has 0 spiro atoms. The van der Waals surface area contributed by atoms with Crippen molar-refractivity contribution in [3.05, 3.63) is 54.1 Å². The lowest BCUT2D eigenvalue weighted by atomic mass is 10.2. The van der Waals surface area contributed by atoms with E-state index in [0.29, 0.717) is 0 Å². The maximum absolute atomic E-state index is 4.24. The number of hydrogen-bond acceptors (Lipinski definition) is 3. The second-order valence-electron chi connectivity index (χ2n) is 3.37. The summed E-state index contributed by atoms with van der Waals surface area (Å²) >= 11 is 0. The van der Waals surface area contributed by atoms with Gasteiger partial charge in [-0.25, -0.2) is 0 Å². The van der Waals surface area contributed by atoms with Crippen LogP contribution in [0.4, 0.5) is 5.69 Å². The van der Waals surface area contributed by atoms with Crippen LogP contribution >= 0.6 is 0 Å². The predicted octanol–water partition coefficient (Wildman–Crippen LogP) is 2.40. The minimum absolute atomic E-state index is 0.730. The van der Waals surface area contributed by atoms with Crippen molar-refractivity contribution in [1.29, 1.82) is 0 Å². The summed E-state index contributed by atoms with van der Waals surface area (Å²) in [4.78, 5) is 8.32. The Kier molecular flexibility index (Phi) is 2.93. The first-order valence-corrected chi connectivity index (χ1v) is 4.90. The van der Waals surface area contributed by atoms with Crippen molar-refractivity contribution in [2.45, 2.75) is 13.5 Å². The van der Waals surface area contributed by atoms with Gasteiger partial charge in [-0.15, -0.1) is 0 Å². The molecule has 76 valence electrons. The molecule has 0 saturated carbocycles. The Balaban J connectivity index is 2.03. The molecule has 0 unspecified atom stereocenters. The van der Waals surface area contributed by atoms with Crippen molar-refractivity contribution in [3.8, 4) is 0 Å². The van der Waals surface area contributed by atoms with Crippen LogP contribution in [0.15, 0.2) is 42.9 Å². The topological polar surface area (TPSA) is 37.8 Å². The molecule has 15 heavy (non-hydrogen) atoms. The highest BCUT2D eigenvalue weighted by molar-refractivity contribution is 5.47. The normalized spacial score (nSPS) is 9.93. The van der Waals surface area contributed by atoms with Gasteiger partial charge in [0.05, 0.1) is 24.1 Å². The molecule has 0 aliphatic heterocycles. The standard InChI is InChI=1S/C12H13N3/c1-10-5-7-13-9-12(10)15-8-11-4-2-3-6-14-11/h2-7,9,15H,8H2,1H3. The molecule has 2 rings (SSSR count). The number of pyridine rings is 2. The van der Waals surface area contributed by atoms with Crippen LogP contribution in [0.5, 0.6) is 0 Å². The van der Waals surface area contributed by atoms with E-state index in [1.165, 1.54) is 5.56 Å². The second kappa shape index (κ2) is 4.55. The van der Waals surface area contributed by atoms with Crippen LogP contribution in [0.2, 0.25) is 0 Å². The Hall–Kier alpha value is -1.90. The minimum Gasteiger partial charge on any atom is -0.378 e. The van der Waals surface area contributed by atoms with Crippen molar-refractivity contribution in [1.82, 2.24) is 9.97 Å². The lowest BCUT2D eigenvalue weighted by Crippen LogP contribution is -2.02. The van der Waals surface area contributed by atoms with Gasteiger partial charge in [0.25, 0.3) is 0 Å². The van der Waals surface area contributed by atoms with Crippen molar-refractivity contribution in [2.24, 2.45) is 0 Å². The van der Waals surface area contributed by atoms with E-state index in [4.69, 9.17) is 0 Å². The number of nitrogens with one attached hydrogen (secondary N) is 1. The van der Waals surface area contributed by atoms with Crippen molar-refractivity contribution in [3.63, 3.8) is 0 Å². The molecule has 0 saturated heterocycles. The zero-order valence-corrected chi connectivity index (χ0v) is 8.64. The Labute approximate surface area is 89.2 Å². The molecular formula is C12H13N3. The zero-order chi connectivity index (χ0) is 10.5. The van der Waals surface area contributed by atoms with Gasteiger partial charge < -0.3 is 5.32 Å². The van der Waals surface area contributed by atoms with E-state index in [1.807, 2.05) is 30.5 Å². The summed E-state index contributed by atoms with van der Waals surface area (Å²) < 4.78 is 0. The van der Waals surface area contributed by atoms with Gasteiger partial charge in [-0.05, 0) is 30.7 Å². The van der Waals surface area contributed by atoms with E-state index < -0.39 is 0 Å². The Morgan fingerprint density at radius 1 is 1.20 bits per heavy atom. The fourth-order valence-corrected chi connectivity index (χ4v) is 1.34. The molecule has 1 N–H and O–H groups in total. The van der Waals surface area contributed by atoms with E-state index in [-0.39, 0.29) is 0 Å². The van der Waals surface area contributed by atoms with Gasteiger partial charge in [0.15, 0.2) is 0 Å². The molecule has 2 heterocycles. The smallest absolute Gasteiger partial charge is 0.0594 e. The minimum atomic E-state index is 0.730. The molecule has 0 amide bonds. The SMILES string of the molecule is Cc1ccncc1NCc1ccccn1. The van der Waals surface area contributed by atoms with Crippen LogP contribution < -0.4 is 5.32 Å². The number of rotatable bonds is 3. The molecule has 3 heteroatoms. The average molecular weight is 199 g/mol. The third-order valence-corrected chi connectivity index (χ3v) is 2.23.